The zero-order chi connectivity index (χ0) is 15.4. The van der Waals surface area contributed by atoms with Gasteiger partial charge in [0.25, 0.3) is 5.69 Å². The van der Waals surface area contributed by atoms with Gasteiger partial charge in [0.2, 0.25) is 5.13 Å². The molecule has 1 aromatic heterocycles. The normalized spacial score (nSPS) is 12.4. The highest BCUT2D eigenvalue weighted by Gasteiger charge is 2.15. The summed E-state index contributed by atoms with van der Waals surface area (Å²) in [5.41, 5.74) is 1.02. The average Bonchev–Trinajstić information content (AvgIpc) is 2.85. The molecule has 1 N–H and O–H groups in total. The predicted octanol–water partition coefficient (Wildman–Crippen LogP) is 4.12. The van der Waals surface area contributed by atoms with E-state index >= 15 is 0 Å². The van der Waals surface area contributed by atoms with Crippen LogP contribution in [0.3, 0.4) is 0 Å². The van der Waals surface area contributed by atoms with Crippen molar-refractivity contribution >= 4 is 33.9 Å². The maximum atomic E-state index is 10.8. The van der Waals surface area contributed by atoms with Crippen molar-refractivity contribution < 1.29 is 4.92 Å². The molecule has 6 nitrogen and oxygen atoms in total. The summed E-state index contributed by atoms with van der Waals surface area (Å²) in [4.78, 5) is 10.4. The molecule has 1 aromatic carbocycles. The minimum Gasteiger partial charge on any atom is -0.358 e. The lowest BCUT2D eigenvalue weighted by atomic mass is 10.1. The Bertz CT molecular complexity index is 630. The summed E-state index contributed by atoms with van der Waals surface area (Å²) in [5, 5.41) is 23.1. The Kier molecular flexibility index (Phi) is 5.13. The Hall–Kier alpha value is -1.67. The molecule has 0 saturated heterocycles. The maximum Gasteiger partial charge on any atom is 0.269 e. The number of anilines is 1. The van der Waals surface area contributed by atoms with Crippen molar-refractivity contribution in [3.8, 4) is 0 Å². The van der Waals surface area contributed by atoms with Crippen molar-refractivity contribution in [1.29, 1.82) is 0 Å². The Morgan fingerprint density at radius 1 is 1.33 bits per heavy atom. The van der Waals surface area contributed by atoms with E-state index in [2.05, 4.69) is 15.5 Å². The van der Waals surface area contributed by atoms with Gasteiger partial charge in [-0.25, -0.2) is 0 Å². The van der Waals surface area contributed by atoms with Gasteiger partial charge in [-0.2, -0.15) is 0 Å². The molecule has 0 amide bonds. The van der Waals surface area contributed by atoms with E-state index in [9.17, 15) is 10.1 Å². The highest BCUT2D eigenvalue weighted by Crippen LogP contribution is 2.38. The topological polar surface area (TPSA) is 81.0 Å². The van der Waals surface area contributed by atoms with Crippen LogP contribution in [0.25, 0.3) is 0 Å². The van der Waals surface area contributed by atoms with Crippen LogP contribution in [-0.4, -0.2) is 21.2 Å². The molecule has 0 aliphatic carbocycles. The first-order chi connectivity index (χ1) is 9.95. The van der Waals surface area contributed by atoms with E-state index in [4.69, 9.17) is 0 Å². The first kappa shape index (κ1) is 15.7. The van der Waals surface area contributed by atoms with Crippen molar-refractivity contribution in [2.45, 2.75) is 36.4 Å². The van der Waals surface area contributed by atoms with Gasteiger partial charge in [-0.15, -0.1) is 10.2 Å². The third-order valence-electron chi connectivity index (χ3n) is 2.65. The van der Waals surface area contributed by atoms with Crippen LogP contribution in [0.15, 0.2) is 28.6 Å². The third kappa shape index (κ3) is 4.40. The largest absolute Gasteiger partial charge is 0.358 e. The predicted molar refractivity (Wildman–Crippen MR) is 86.0 cm³/mol. The van der Waals surface area contributed by atoms with Crippen LogP contribution in [-0.2, 0) is 0 Å². The molecule has 0 aliphatic rings. The molecule has 112 valence electrons. The number of nitro benzene ring substituents is 1. The summed E-state index contributed by atoms with van der Waals surface area (Å²) in [6.45, 7) is 6.08. The Balaban J connectivity index is 2.07. The molecule has 0 saturated carbocycles. The average molecular weight is 324 g/mol. The molecule has 0 bridgehead atoms. The summed E-state index contributed by atoms with van der Waals surface area (Å²) in [6.07, 6.45) is 0. The monoisotopic (exact) mass is 324 g/mol. The number of non-ortho nitro benzene ring substituents is 1. The standard InChI is InChI=1S/C13H16N4O2S2/c1-8(2)14-12-15-16-13(21-12)20-9(3)10-5-4-6-11(7-10)17(18)19/h4-9H,1-3H3,(H,14,15)/t9-/m1/s1. The SMILES string of the molecule is CC(C)Nc1nnc(S[C@H](C)c2cccc([N+](=O)[O-])c2)s1. The fourth-order valence-corrected chi connectivity index (χ4v) is 3.83. The smallest absolute Gasteiger partial charge is 0.269 e. The Morgan fingerprint density at radius 2 is 2.10 bits per heavy atom. The van der Waals surface area contributed by atoms with Crippen LogP contribution in [0.4, 0.5) is 10.8 Å². The number of aromatic nitrogens is 2. The van der Waals surface area contributed by atoms with Gasteiger partial charge >= 0.3 is 0 Å². The molecule has 0 fully saturated rings. The molecule has 0 spiro atoms. The van der Waals surface area contributed by atoms with E-state index < -0.39 is 0 Å². The first-order valence-electron chi connectivity index (χ1n) is 6.46. The second-order valence-corrected chi connectivity index (χ2v) is 7.35. The molecule has 1 heterocycles. The lowest BCUT2D eigenvalue weighted by molar-refractivity contribution is -0.384. The molecule has 21 heavy (non-hydrogen) atoms. The first-order valence-corrected chi connectivity index (χ1v) is 8.16. The van der Waals surface area contributed by atoms with E-state index in [0.717, 1.165) is 15.0 Å². The van der Waals surface area contributed by atoms with Crippen molar-refractivity contribution in [3.63, 3.8) is 0 Å². The number of benzene rings is 1. The lowest BCUT2D eigenvalue weighted by Gasteiger charge is -2.08. The van der Waals surface area contributed by atoms with Crippen molar-refractivity contribution in [1.82, 2.24) is 10.2 Å². The van der Waals surface area contributed by atoms with E-state index in [1.165, 1.54) is 17.4 Å². The molecule has 0 radical (unpaired) electrons. The Labute approximate surface area is 131 Å². The van der Waals surface area contributed by atoms with Gasteiger partial charge < -0.3 is 5.32 Å². The van der Waals surface area contributed by atoms with Gasteiger partial charge in [0.1, 0.15) is 0 Å². The fraction of sp³-hybridized carbons (Fsp3) is 0.385. The van der Waals surface area contributed by atoms with Crippen molar-refractivity contribution in [3.05, 3.63) is 39.9 Å². The number of nitrogens with one attached hydrogen (secondary N) is 1. The van der Waals surface area contributed by atoms with E-state index in [-0.39, 0.29) is 15.9 Å². The molecule has 8 heteroatoms. The second kappa shape index (κ2) is 6.86. The highest BCUT2D eigenvalue weighted by molar-refractivity contribution is 8.01. The summed E-state index contributed by atoms with van der Waals surface area (Å²) in [5.74, 6) is 0. The molecule has 2 aromatic rings. The third-order valence-corrected chi connectivity index (χ3v) is 4.74. The zero-order valence-corrected chi connectivity index (χ0v) is 13.6. The van der Waals surface area contributed by atoms with E-state index in [1.54, 1.807) is 23.9 Å². The van der Waals surface area contributed by atoms with Gasteiger partial charge in [-0.1, -0.05) is 35.2 Å². The van der Waals surface area contributed by atoms with Crippen LogP contribution in [0.2, 0.25) is 0 Å². The van der Waals surface area contributed by atoms with Gasteiger partial charge in [0.15, 0.2) is 4.34 Å². The van der Waals surface area contributed by atoms with Crippen molar-refractivity contribution in [2.75, 3.05) is 5.32 Å². The van der Waals surface area contributed by atoms with E-state index in [0.29, 0.717) is 6.04 Å². The molecule has 0 unspecified atom stereocenters. The maximum absolute atomic E-state index is 10.8. The second-order valence-electron chi connectivity index (χ2n) is 4.78. The van der Waals surface area contributed by atoms with Crippen LogP contribution in [0.1, 0.15) is 31.6 Å². The number of nitrogens with zero attached hydrogens (tertiary/aromatic N) is 3. The molecule has 1 atom stereocenters. The number of hydrogen-bond donors (Lipinski definition) is 1. The summed E-state index contributed by atoms with van der Waals surface area (Å²) in [7, 11) is 0. The summed E-state index contributed by atoms with van der Waals surface area (Å²) < 4.78 is 0.845. The van der Waals surface area contributed by atoms with Crippen LogP contribution in [0, 0.1) is 10.1 Å². The van der Waals surface area contributed by atoms with Gasteiger partial charge in [0, 0.05) is 23.4 Å². The van der Waals surface area contributed by atoms with Gasteiger partial charge in [0.05, 0.1) is 4.92 Å². The Morgan fingerprint density at radius 3 is 2.76 bits per heavy atom. The molecule has 0 aliphatic heterocycles. The van der Waals surface area contributed by atoms with E-state index in [1.807, 2.05) is 26.8 Å². The highest BCUT2D eigenvalue weighted by atomic mass is 32.2. The minimum absolute atomic E-state index is 0.0738. The lowest BCUT2D eigenvalue weighted by Crippen LogP contribution is -2.08. The minimum atomic E-state index is -0.378. The zero-order valence-electron chi connectivity index (χ0n) is 11.9. The van der Waals surface area contributed by atoms with Crippen LogP contribution < -0.4 is 5.32 Å². The quantitative estimate of drug-likeness (QED) is 0.489. The van der Waals surface area contributed by atoms with Crippen molar-refractivity contribution in [2.24, 2.45) is 0 Å². The number of thioether (sulfide) groups is 1. The summed E-state index contributed by atoms with van der Waals surface area (Å²) in [6, 6.07) is 7.00. The molecule has 2 rings (SSSR count). The number of nitro groups is 1. The number of rotatable bonds is 6. The summed E-state index contributed by atoms with van der Waals surface area (Å²) >= 11 is 3.04. The molecular weight excluding hydrogens is 308 g/mol. The van der Waals surface area contributed by atoms with Crippen LogP contribution >= 0.6 is 23.1 Å². The van der Waals surface area contributed by atoms with Gasteiger partial charge in [-0.3, -0.25) is 10.1 Å². The molecular formula is C13H16N4O2S2. The fourth-order valence-electron chi connectivity index (χ4n) is 1.67. The van der Waals surface area contributed by atoms with Crippen LogP contribution in [0.5, 0.6) is 0 Å². The number of hydrogen-bond acceptors (Lipinski definition) is 7. The van der Waals surface area contributed by atoms with Gasteiger partial charge in [-0.05, 0) is 26.3 Å².